The van der Waals surface area contributed by atoms with Gasteiger partial charge in [0.1, 0.15) is 0 Å². The zero-order valence-corrected chi connectivity index (χ0v) is 8.76. The zero-order chi connectivity index (χ0) is 7.86. The average molecular weight is 218 g/mol. The van der Waals surface area contributed by atoms with E-state index in [1.54, 1.807) is 0 Å². The van der Waals surface area contributed by atoms with E-state index >= 15 is 0 Å². The molecule has 0 bridgehead atoms. The third-order valence-corrected chi connectivity index (χ3v) is 0.167. The van der Waals surface area contributed by atoms with E-state index in [0.717, 1.165) is 6.08 Å². The van der Waals surface area contributed by atoms with Crippen LogP contribution in [0.1, 0.15) is 0 Å². The molecule has 0 aliphatic rings. The van der Waals surface area contributed by atoms with Crippen LogP contribution in [0.4, 0.5) is 0 Å². The van der Waals surface area contributed by atoms with Crippen molar-refractivity contribution in [3.63, 3.8) is 0 Å². The molecule has 0 atom stereocenters. The smallest absolute Gasteiger partial charge is 0.545 e. The Hall–Kier alpha value is -0.257. The van der Waals surface area contributed by atoms with Crippen molar-refractivity contribution in [3.8, 4) is 0 Å². The maximum absolute atomic E-state index is 9.14. The molecular weight excluding hydrogens is 213 g/mol. The standard InChI is InChI=1S/C3H4O2.HO3S.Zn/c1-2-3(4)5;1-4(2)3;/h2H,1H2,(H,4,5);(H,1,2,3);/q;-1;+2/p-1. The summed E-state index contributed by atoms with van der Waals surface area (Å²) in [6.45, 7) is 2.90. The first kappa shape index (κ1) is 16.4. The molecule has 0 aliphatic heterocycles. The number of carboxylic acid groups (broad SMARTS) is 1. The van der Waals surface area contributed by atoms with Gasteiger partial charge >= 0.3 is 19.5 Å². The second-order valence-electron chi connectivity index (χ2n) is 0.740. The molecule has 0 spiro atoms. The normalized spacial score (nSPS) is 6.60. The molecular formula is C3H4O5SZn. The van der Waals surface area contributed by atoms with Crippen molar-refractivity contribution in [2.75, 3.05) is 0 Å². The number of hydrogen-bond acceptors (Lipinski definition) is 5. The fraction of sp³-hybridized carbons (Fsp3) is 0. The fourth-order valence-corrected chi connectivity index (χ4v) is 0. The largest absolute Gasteiger partial charge is 2.00 e. The molecule has 0 fully saturated rings. The van der Waals surface area contributed by atoms with Gasteiger partial charge < -0.3 is 22.9 Å². The molecule has 0 saturated carbocycles. The molecule has 10 heavy (non-hydrogen) atoms. The number of hydrogen-bond donors (Lipinski definition) is 1. The van der Waals surface area contributed by atoms with Crippen LogP contribution >= 0.6 is 0 Å². The minimum Gasteiger partial charge on any atom is -0.545 e. The van der Waals surface area contributed by atoms with Gasteiger partial charge in [-0.25, -0.2) is 0 Å². The van der Waals surface area contributed by atoms with Gasteiger partial charge in [0.2, 0.25) is 0 Å². The van der Waals surface area contributed by atoms with E-state index in [9.17, 15) is 0 Å². The van der Waals surface area contributed by atoms with Crippen molar-refractivity contribution in [2.45, 2.75) is 0 Å². The topological polar surface area (TPSA) is 94.5 Å². The monoisotopic (exact) mass is 216 g/mol. The van der Waals surface area contributed by atoms with Gasteiger partial charge in [0.05, 0.1) is 5.97 Å². The maximum Gasteiger partial charge on any atom is 2.00 e. The van der Waals surface area contributed by atoms with Crippen LogP contribution in [0.3, 0.4) is 0 Å². The van der Waals surface area contributed by atoms with Crippen LogP contribution in [-0.2, 0) is 43.7 Å². The molecule has 0 aliphatic carbocycles. The molecule has 0 aromatic carbocycles. The second-order valence-corrected chi connectivity index (χ2v) is 1.17. The van der Waals surface area contributed by atoms with Crippen LogP contribution in [0, 0.1) is 0 Å². The third-order valence-electron chi connectivity index (χ3n) is 0.167. The summed E-state index contributed by atoms with van der Waals surface area (Å²) in [6.07, 6.45) is 0.722. The molecule has 0 amide bonds. The van der Waals surface area contributed by atoms with Crippen LogP contribution in [-0.4, -0.2) is 10.5 Å². The van der Waals surface area contributed by atoms with Crippen LogP contribution < -0.4 is 5.11 Å². The molecule has 0 aromatic heterocycles. The number of carbonyl (C=O) groups excluding carboxylic acids is 1. The summed E-state index contributed by atoms with van der Waals surface area (Å²) in [6, 6.07) is 0. The van der Waals surface area contributed by atoms with E-state index in [4.69, 9.17) is 22.9 Å². The van der Waals surface area contributed by atoms with Crippen molar-refractivity contribution in [1.82, 2.24) is 0 Å². The van der Waals surface area contributed by atoms with Crippen molar-refractivity contribution < 1.29 is 42.3 Å². The van der Waals surface area contributed by atoms with Crippen LogP contribution in [0.5, 0.6) is 0 Å². The Kier molecular flexibility index (Phi) is 18.9. The third kappa shape index (κ3) is 116. The first-order valence-electron chi connectivity index (χ1n) is 1.62. The number of aliphatic carboxylic acids is 1. The van der Waals surface area contributed by atoms with E-state index < -0.39 is 17.0 Å². The first-order chi connectivity index (χ1) is 4.00. The SMILES string of the molecule is C=CC(=O)[O-].O=[S-](=O)O.[Zn+2]. The summed E-state index contributed by atoms with van der Waals surface area (Å²) in [5, 5.41) is 9.14. The Balaban J connectivity index is -0.0000000910. The minimum atomic E-state index is -2.86. The summed E-state index contributed by atoms with van der Waals surface area (Å²) in [5.74, 6) is -1.23. The Morgan fingerprint density at radius 3 is 1.70 bits per heavy atom. The van der Waals surface area contributed by atoms with E-state index in [-0.39, 0.29) is 19.5 Å². The van der Waals surface area contributed by atoms with Crippen molar-refractivity contribution in [1.29, 1.82) is 0 Å². The van der Waals surface area contributed by atoms with Gasteiger partial charge in [0.25, 0.3) is 0 Å². The number of carbonyl (C=O) groups is 1. The van der Waals surface area contributed by atoms with E-state index in [2.05, 4.69) is 6.58 Å². The number of carboxylic acids is 1. The molecule has 54 valence electrons. The summed E-state index contributed by atoms with van der Waals surface area (Å²) in [7, 11) is -2.86. The van der Waals surface area contributed by atoms with Gasteiger partial charge in [-0.2, -0.15) is 0 Å². The van der Waals surface area contributed by atoms with Crippen molar-refractivity contribution in [2.24, 2.45) is 0 Å². The molecule has 0 unspecified atom stereocenters. The van der Waals surface area contributed by atoms with Gasteiger partial charge in [0.15, 0.2) is 0 Å². The van der Waals surface area contributed by atoms with Gasteiger partial charge in [0, 0.05) is 11.0 Å². The molecule has 0 aromatic rings. The minimum absolute atomic E-state index is 0. The van der Waals surface area contributed by atoms with Gasteiger partial charge in [-0.15, -0.1) is 0 Å². The zero-order valence-electron chi connectivity index (χ0n) is 4.98. The number of rotatable bonds is 1. The Morgan fingerprint density at radius 1 is 1.60 bits per heavy atom. The van der Waals surface area contributed by atoms with E-state index in [0.29, 0.717) is 0 Å². The fourth-order valence-electron chi connectivity index (χ4n) is 0. The van der Waals surface area contributed by atoms with Gasteiger partial charge in [-0.1, -0.05) is 6.58 Å². The molecule has 5 nitrogen and oxygen atoms in total. The first-order valence-corrected chi connectivity index (χ1v) is 2.65. The Morgan fingerprint density at radius 2 is 1.70 bits per heavy atom. The average Bonchev–Trinajstić information content (AvgIpc) is 1.65. The van der Waals surface area contributed by atoms with E-state index in [1.165, 1.54) is 0 Å². The van der Waals surface area contributed by atoms with Crippen LogP contribution in [0.2, 0.25) is 0 Å². The van der Waals surface area contributed by atoms with Crippen molar-refractivity contribution >= 4 is 17.0 Å². The molecule has 1 N–H and O–H groups in total. The molecule has 0 rings (SSSR count). The molecule has 0 radical (unpaired) electrons. The summed E-state index contributed by atoms with van der Waals surface area (Å²) >= 11 is 0. The summed E-state index contributed by atoms with van der Waals surface area (Å²) in [4.78, 5) is 9.14. The van der Waals surface area contributed by atoms with Crippen LogP contribution in [0.15, 0.2) is 12.7 Å². The molecule has 0 saturated heterocycles. The maximum atomic E-state index is 9.14. The van der Waals surface area contributed by atoms with E-state index in [1.807, 2.05) is 0 Å². The summed E-state index contributed by atoms with van der Waals surface area (Å²) < 4.78 is 24.1. The molecule has 7 heteroatoms. The quantitative estimate of drug-likeness (QED) is 0.193. The second kappa shape index (κ2) is 11.5. The summed E-state index contributed by atoms with van der Waals surface area (Å²) in [5.41, 5.74) is 0. The van der Waals surface area contributed by atoms with Crippen molar-refractivity contribution in [3.05, 3.63) is 12.7 Å². The Bertz CT molecular complexity index is 154. The predicted octanol–water partition coefficient (Wildman–Crippen LogP) is -1.31. The van der Waals surface area contributed by atoms with Crippen LogP contribution in [0.25, 0.3) is 0 Å². The Labute approximate surface area is 72.3 Å². The van der Waals surface area contributed by atoms with Gasteiger partial charge in [-0.05, 0) is 6.08 Å². The van der Waals surface area contributed by atoms with Gasteiger partial charge in [-0.3, -0.25) is 0 Å². The molecule has 0 heterocycles. The predicted molar refractivity (Wildman–Crippen MR) is 26.6 cm³/mol.